The average Bonchev–Trinajstić information content (AvgIpc) is 2.96. The van der Waals surface area contributed by atoms with Gasteiger partial charge in [-0.15, -0.1) is 10.2 Å². The van der Waals surface area contributed by atoms with Gasteiger partial charge in [0.15, 0.2) is 5.16 Å². The third-order valence-electron chi connectivity index (χ3n) is 3.76. The first-order valence-corrected chi connectivity index (χ1v) is 9.37. The molecule has 1 aromatic heterocycles. The molecule has 6 heteroatoms. The molecule has 1 amide bonds. The van der Waals surface area contributed by atoms with Crippen LogP contribution in [0.4, 0.5) is 5.69 Å². The molecule has 0 aliphatic heterocycles. The van der Waals surface area contributed by atoms with Crippen LogP contribution in [0.25, 0.3) is 0 Å². The van der Waals surface area contributed by atoms with Crippen LogP contribution >= 0.6 is 11.8 Å². The van der Waals surface area contributed by atoms with E-state index >= 15 is 0 Å². The summed E-state index contributed by atoms with van der Waals surface area (Å²) in [4.78, 5) is 12.2. The highest BCUT2D eigenvalue weighted by Crippen LogP contribution is 2.22. The molecular weight excluding hydrogens is 320 g/mol. The molecule has 0 fully saturated rings. The molecule has 0 atom stereocenters. The van der Waals surface area contributed by atoms with Crippen molar-refractivity contribution in [3.05, 3.63) is 35.7 Å². The molecule has 0 spiro atoms. The van der Waals surface area contributed by atoms with Crippen LogP contribution in [0.1, 0.15) is 58.0 Å². The van der Waals surface area contributed by atoms with Gasteiger partial charge in [0.05, 0.1) is 5.75 Å². The molecular formula is C18H26N4OS. The maximum Gasteiger partial charge on any atom is 0.234 e. The second-order valence-corrected chi connectivity index (χ2v) is 7.27. The second kappa shape index (κ2) is 8.33. The number of rotatable bonds is 7. The highest BCUT2D eigenvalue weighted by atomic mass is 32.2. The summed E-state index contributed by atoms with van der Waals surface area (Å²) in [6.07, 6.45) is 0.833. The lowest BCUT2D eigenvalue weighted by Gasteiger charge is -2.13. The molecule has 0 saturated carbocycles. The standard InChI is InChI=1S/C18H26N4OS/c1-6-16-20-21-18(22(16)13(4)5)24-11-17(23)19-15-9-7-14(8-10-15)12(2)3/h7-10,12-13H,6,11H2,1-5H3,(H,19,23). The number of anilines is 1. The van der Waals surface area contributed by atoms with Gasteiger partial charge < -0.3 is 9.88 Å². The van der Waals surface area contributed by atoms with E-state index in [0.717, 1.165) is 23.1 Å². The number of aromatic nitrogens is 3. The van der Waals surface area contributed by atoms with Gasteiger partial charge in [0.25, 0.3) is 0 Å². The van der Waals surface area contributed by atoms with Gasteiger partial charge in [-0.05, 0) is 37.5 Å². The van der Waals surface area contributed by atoms with E-state index in [1.165, 1.54) is 17.3 Å². The van der Waals surface area contributed by atoms with Crippen LogP contribution in [-0.4, -0.2) is 26.4 Å². The Labute approximate surface area is 148 Å². The van der Waals surface area contributed by atoms with Crippen molar-refractivity contribution in [3.8, 4) is 0 Å². The minimum absolute atomic E-state index is 0.0337. The number of hydrogen-bond donors (Lipinski definition) is 1. The van der Waals surface area contributed by atoms with E-state index in [2.05, 4.69) is 66.8 Å². The number of thioether (sulfide) groups is 1. The lowest BCUT2D eigenvalue weighted by molar-refractivity contribution is -0.113. The fraction of sp³-hybridized carbons (Fsp3) is 0.500. The Morgan fingerprint density at radius 3 is 2.38 bits per heavy atom. The molecule has 0 aliphatic carbocycles. The van der Waals surface area contributed by atoms with Crippen molar-refractivity contribution in [1.29, 1.82) is 0 Å². The number of nitrogens with one attached hydrogen (secondary N) is 1. The Balaban J connectivity index is 1.95. The zero-order chi connectivity index (χ0) is 17.7. The summed E-state index contributed by atoms with van der Waals surface area (Å²) in [6.45, 7) is 10.6. The Morgan fingerprint density at radius 2 is 1.83 bits per heavy atom. The van der Waals surface area contributed by atoms with Crippen LogP contribution in [-0.2, 0) is 11.2 Å². The quantitative estimate of drug-likeness (QED) is 0.760. The minimum Gasteiger partial charge on any atom is -0.325 e. The van der Waals surface area contributed by atoms with Crippen molar-refractivity contribution >= 4 is 23.4 Å². The van der Waals surface area contributed by atoms with Gasteiger partial charge >= 0.3 is 0 Å². The highest BCUT2D eigenvalue weighted by Gasteiger charge is 2.15. The number of carbonyl (C=O) groups excluding carboxylic acids is 1. The lowest BCUT2D eigenvalue weighted by atomic mass is 10.0. The molecule has 0 unspecified atom stereocenters. The van der Waals surface area contributed by atoms with E-state index in [-0.39, 0.29) is 11.9 Å². The van der Waals surface area contributed by atoms with E-state index in [0.29, 0.717) is 11.7 Å². The first-order valence-electron chi connectivity index (χ1n) is 8.38. The van der Waals surface area contributed by atoms with Crippen LogP contribution in [0.5, 0.6) is 0 Å². The molecule has 24 heavy (non-hydrogen) atoms. The van der Waals surface area contributed by atoms with E-state index in [4.69, 9.17) is 0 Å². The summed E-state index contributed by atoms with van der Waals surface area (Å²) in [5.41, 5.74) is 2.09. The van der Waals surface area contributed by atoms with Crippen molar-refractivity contribution in [2.24, 2.45) is 0 Å². The van der Waals surface area contributed by atoms with Crippen molar-refractivity contribution < 1.29 is 4.79 Å². The molecule has 1 heterocycles. The summed E-state index contributed by atoms with van der Waals surface area (Å²) < 4.78 is 2.09. The van der Waals surface area contributed by atoms with E-state index < -0.39 is 0 Å². The number of hydrogen-bond acceptors (Lipinski definition) is 4. The molecule has 5 nitrogen and oxygen atoms in total. The molecule has 2 rings (SSSR count). The van der Waals surface area contributed by atoms with Gasteiger partial charge in [-0.1, -0.05) is 44.7 Å². The number of aryl methyl sites for hydroxylation is 1. The summed E-state index contributed by atoms with van der Waals surface area (Å²) in [5.74, 6) is 1.73. The Bertz CT molecular complexity index is 677. The van der Waals surface area contributed by atoms with Crippen LogP contribution in [0.2, 0.25) is 0 Å². The molecule has 2 aromatic rings. The summed E-state index contributed by atoms with van der Waals surface area (Å²) in [5, 5.41) is 12.1. The van der Waals surface area contributed by atoms with Gasteiger partial charge in [0.2, 0.25) is 5.91 Å². The molecule has 0 bridgehead atoms. The van der Waals surface area contributed by atoms with Crippen molar-refractivity contribution in [1.82, 2.24) is 14.8 Å². The van der Waals surface area contributed by atoms with Crippen LogP contribution in [0, 0.1) is 0 Å². The van der Waals surface area contributed by atoms with Gasteiger partial charge in [0, 0.05) is 18.2 Å². The summed E-state index contributed by atoms with van der Waals surface area (Å²) in [7, 11) is 0. The SMILES string of the molecule is CCc1nnc(SCC(=O)Nc2ccc(C(C)C)cc2)n1C(C)C. The van der Waals surface area contributed by atoms with Gasteiger partial charge in [0.1, 0.15) is 5.82 Å². The van der Waals surface area contributed by atoms with Gasteiger partial charge in [-0.2, -0.15) is 0 Å². The smallest absolute Gasteiger partial charge is 0.234 e. The first-order chi connectivity index (χ1) is 11.4. The summed E-state index contributed by atoms with van der Waals surface area (Å²) in [6, 6.07) is 8.28. The van der Waals surface area contributed by atoms with Crippen LogP contribution in [0.15, 0.2) is 29.4 Å². The fourth-order valence-electron chi connectivity index (χ4n) is 2.44. The Hall–Kier alpha value is -1.82. The molecule has 0 radical (unpaired) electrons. The maximum absolute atomic E-state index is 12.2. The van der Waals surface area contributed by atoms with Crippen LogP contribution < -0.4 is 5.32 Å². The Kier molecular flexibility index (Phi) is 6.43. The third kappa shape index (κ3) is 4.60. The monoisotopic (exact) mass is 346 g/mol. The predicted molar refractivity (Wildman–Crippen MR) is 99.7 cm³/mol. The topological polar surface area (TPSA) is 59.8 Å². The lowest BCUT2D eigenvalue weighted by Crippen LogP contribution is -2.15. The predicted octanol–water partition coefficient (Wildman–Crippen LogP) is 4.28. The maximum atomic E-state index is 12.2. The van der Waals surface area contributed by atoms with Crippen molar-refractivity contribution in [3.63, 3.8) is 0 Å². The molecule has 1 aromatic carbocycles. The largest absolute Gasteiger partial charge is 0.325 e. The third-order valence-corrected chi connectivity index (χ3v) is 4.70. The van der Waals surface area contributed by atoms with E-state index in [9.17, 15) is 4.79 Å². The molecule has 1 N–H and O–H groups in total. The van der Waals surface area contributed by atoms with Gasteiger partial charge in [-0.3, -0.25) is 4.79 Å². The number of benzene rings is 1. The van der Waals surface area contributed by atoms with Crippen molar-refractivity contribution in [2.45, 2.75) is 58.2 Å². The molecule has 0 saturated heterocycles. The molecule has 0 aliphatic rings. The number of carbonyl (C=O) groups is 1. The summed E-state index contributed by atoms with van der Waals surface area (Å²) >= 11 is 1.42. The van der Waals surface area contributed by atoms with Crippen LogP contribution in [0.3, 0.4) is 0 Å². The van der Waals surface area contributed by atoms with Crippen molar-refractivity contribution in [2.75, 3.05) is 11.1 Å². The number of amides is 1. The zero-order valence-corrected chi connectivity index (χ0v) is 15.9. The number of nitrogens with zero attached hydrogens (tertiary/aromatic N) is 3. The van der Waals surface area contributed by atoms with E-state index in [1.807, 2.05) is 12.1 Å². The second-order valence-electron chi connectivity index (χ2n) is 6.33. The Morgan fingerprint density at radius 1 is 1.17 bits per heavy atom. The zero-order valence-electron chi connectivity index (χ0n) is 15.0. The van der Waals surface area contributed by atoms with Gasteiger partial charge in [-0.25, -0.2) is 0 Å². The highest BCUT2D eigenvalue weighted by molar-refractivity contribution is 7.99. The van der Waals surface area contributed by atoms with E-state index in [1.54, 1.807) is 0 Å². The molecule has 130 valence electrons. The normalized spacial score (nSPS) is 11.3. The average molecular weight is 347 g/mol. The fourth-order valence-corrected chi connectivity index (χ4v) is 3.33. The minimum atomic E-state index is -0.0337. The first kappa shape index (κ1) is 18.5.